The smallest absolute Gasteiger partial charge is 0.313 e. The lowest BCUT2D eigenvalue weighted by atomic mass is 9.72. The quantitative estimate of drug-likeness (QED) is 0.686. The molecule has 0 atom stereocenters. The zero-order valence-corrected chi connectivity index (χ0v) is 15.3. The average molecular weight is 391 g/mol. The van der Waals surface area contributed by atoms with Crippen molar-refractivity contribution in [3.8, 4) is 11.1 Å². The number of nitrogens with one attached hydrogen (secondary N) is 2. The number of carbonyl (C=O) groups is 2. The van der Waals surface area contributed by atoms with E-state index in [-0.39, 0.29) is 31.9 Å². The average Bonchev–Trinajstić information content (AvgIpc) is 2.66. The summed E-state index contributed by atoms with van der Waals surface area (Å²) >= 11 is 6.12. The second-order valence-corrected chi connectivity index (χ2v) is 7.21. The Labute approximate surface area is 161 Å². The number of halogens is 2. The summed E-state index contributed by atoms with van der Waals surface area (Å²) in [5.41, 5.74) is 0.519. The largest absolute Gasteiger partial charge is 0.396 e. The summed E-state index contributed by atoms with van der Waals surface area (Å²) in [5, 5.41) is 14.0. The highest BCUT2D eigenvalue weighted by atomic mass is 35.5. The van der Waals surface area contributed by atoms with Crippen LogP contribution in [0.25, 0.3) is 11.1 Å². The first kappa shape index (κ1) is 19.3. The van der Waals surface area contributed by atoms with Crippen molar-refractivity contribution in [2.75, 3.05) is 18.5 Å². The summed E-state index contributed by atoms with van der Waals surface area (Å²) < 4.78 is 14.2. The van der Waals surface area contributed by atoms with Gasteiger partial charge in [0.2, 0.25) is 0 Å². The molecule has 0 radical (unpaired) electrons. The summed E-state index contributed by atoms with van der Waals surface area (Å²) in [4.78, 5) is 24.1. The van der Waals surface area contributed by atoms with E-state index in [1.165, 1.54) is 0 Å². The van der Waals surface area contributed by atoms with E-state index in [0.29, 0.717) is 10.7 Å². The number of anilines is 1. The van der Waals surface area contributed by atoms with E-state index < -0.39 is 17.5 Å². The molecule has 2 aromatic carbocycles. The van der Waals surface area contributed by atoms with Crippen LogP contribution in [0.1, 0.15) is 12.8 Å². The molecule has 0 unspecified atom stereocenters. The van der Waals surface area contributed by atoms with Gasteiger partial charge in [-0.05, 0) is 42.0 Å². The molecule has 3 rings (SSSR count). The van der Waals surface area contributed by atoms with Crippen molar-refractivity contribution >= 4 is 29.1 Å². The molecular formula is C20H20ClFN2O3. The van der Waals surface area contributed by atoms with Gasteiger partial charge in [-0.2, -0.15) is 0 Å². The number of amides is 2. The molecule has 5 nitrogen and oxygen atoms in total. The van der Waals surface area contributed by atoms with Gasteiger partial charge in [-0.1, -0.05) is 48.0 Å². The fourth-order valence-electron chi connectivity index (χ4n) is 3.18. The zero-order chi connectivity index (χ0) is 19.4. The van der Waals surface area contributed by atoms with Crippen molar-refractivity contribution in [3.05, 3.63) is 53.6 Å². The molecule has 0 aromatic heterocycles. The van der Waals surface area contributed by atoms with E-state index >= 15 is 0 Å². The molecule has 27 heavy (non-hydrogen) atoms. The molecule has 3 N–H and O–H groups in total. The number of alkyl halides is 1. The molecule has 0 aliphatic heterocycles. The normalized spacial score (nSPS) is 21.2. The van der Waals surface area contributed by atoms with Crippen LogP contribution in [0.3, 0.4) is 0 Å². The summed E-state index contributed by atoms with van der Waals surface area (Å²) in [6, 6.07) is 14.6. The molecule has 0 bridgehead atoms. The Kier molecular flexibility index (Phi) is 5.77. The topological polar surface area (TPSA) is 78.4 Å². The van der Waals surface area contributed by atoms with Crippen molar-refractivity contribution < 1.29 is 19.1 Å². The highest BCUT2D eigenvalue weighted by Gasteiger charge is 2.44. The standard InChI is InChI=1S/C20H20ClFN2O3/c21-16-7-6-15(14-4-2-1-3-5-14)8-17(16)24-19(27)18(26)23-12-20(22)9-13(10-20)11-25/h1-8,13,25H,9-12H2,(H,23,26)(H,24,27). The third-order valence-corrected chi connectivity index (χ3v) is 4.99. The van der Waals surface area contributed by atoms with Gasteiger partial charge in [0.05, 0.1) is 17.3 Å². The molecule has 0 saturated heterocycles. The van der Waals surface area contributed by atoms with E-state index in [1.807, 2.05) is 36.4 Å². The Bertz CT molecular complexity index is 838. The summed E-state index contributed by atoms with van der Waals surface area (Å²) in [6.07, 6.45) is 0.354. The Morgan fingerprint density at radius 3 is 2.48 bits per heavy atom. The van der Waals surface area contributed by atoms with E-state index in [9.17, 15) is 14.0 Å². The number of hydrogen-bond acceptors (Lipinski definition) is 3. The lowest BCUT2D eigenvalue weighted by molar-refractivity contribution is -0.137. The number of hydrogen-bond donors (Lipinski definition) is 3. The van der Waals surface area contributed by atoms with E-state index in [2.05, 4.69) is 10.6 Å². The summed E-state index contributed by atoms with van der Waals surface area (Å²) in [7, 11) is 0. The molecule has 1 aliphatic rings. The molecule has 2 amide bonds. The molecular weight excluding hydrogens is 371 g/mol. The molecule has 7 heteroatoms. The zero-order valence-electron chi connectivity index (χ0n) is 14.5. The number of aliphatic hydroxyl groups excluding tert-OH is 1. The van der Waals surface area contributed by atoms with Gasteiger partial charge in [0.1, 0.15) is 5.67 Å². The van der Waals surface area contributed by atoms with Gasteiger partial charge in [0.25, 0.3) is 0 Å². The Morgan fingerprint density at radius 2 is 1.81 bits per heavy atom. The predicted molar refractivity (Wildman–Crippen MR) is 102 cm³/mol. The van der Waals surface area contributed by atoms with Crippen molar-refractivity contribution in [1.82, 2.24) is 5.32 Å². The number of aliphatic hydroxyl groups is 1. The molecule has 2 aromatic rings. The van der Waals surface area contributed by atoms with Crippen LogP contribution in [0.4, 0.5) is 10.1 Å². The molecule has 1 aliphatic carbocycles. The highest BCUT2D eigenvalue weighted by Crippen LogP contribution is 2.40. The third-order valence-electron chi connectivity index (χ3n) is 4.66. The van der Waals surface area contributed by atoms with Crippen LogP contribution in [0.2, 0.25) is 5.02 Å². The van der Waals surface area contributed by atoms with Crippen molar-refractivity contribution in [2.45, 2.75) is 18.5 Å². The SMILES string of the molecule is O=C(NCC1(F)CC(CO)C1)C(=O)Nc1cc(-c2ccccc2)ccc1Cl. The lowest BCUT2D eigenvalue weighted by Gasteiger charge is -2.40. The van der Waals surface area contributed by atoms with Crippen LogP contribution < -0.4 is 10.6 Å². The van der Waals surface area contributed by atoms with Crippen molar-refractivity contribution in [1.29, 1.82) is 0 Å². The summed E-state index contributed by atoms with van der Waals surface area (Å²) in [5.74, 6) is -1.93. The molecule has 142 valence electrons. The fourth-order valence-corrected chi connectivity index (χ4v) is 3.34. The minimum Gasteiger partial charge on any atom is -0.396 e. The summed E-state index contributed by atoms with van der Waals surface area (Å²) in [6.45, 7) is -0.329. The Balaban J connectivity index is 1.61. The monoisotopic (exact) mass is 390 g/mol. The number of rotatable bonds is 5. The Morgan fingerprint density at radius 1 is 1.11 bits per heavy atom. The van der Waals surface area contributed by atoms with E-state index in [1.54, 1.807) is 12.1 Å². The first-order chi connectivity index (χ1) is 12.9. The minimum atomic E-state index is -1.56. The molecule has 0 spiro atoms. The van der Waals surface area contributed by atoms with Gasteiger partial charge in [-0.3, -0.25) is 9.59 Å². The van der Waals surface area contributed by atoms with Crippen LogP contribution in [-0.2, 0) is 9.59 Å². The van der Waals surface area contributed by atoms with Crippen LogP contribution in [0.15, 0.2) is 48.5 Å². The number of benzene rings is 2. The van der Waals surface area contributed by atoms with E-state index in [4.69, 9.17) is 16.7 Å². The predicted octanol–water partition coefficient (Wildman–Crippen LogP) is 3.17. The van der Waals surface area contributed by atoms with Crippen LogP contribution in [0.5, 0.6) is 0 Å². The maximum atomic E-state index is 14.2. The van der Waals surface area contributed by atoms with Crippen molar-refractivity contribution in [3.63, 3.8) is 0 Å². The fraction of sp³-hybridized carbons (Fsp3) is 0.300. The van der Waals surface area contributed by atoms with Crippen molar-refractivity contribution in [2.24, 2.45) is 5.92 Å². The van der Waals surface area contributed by atoms with Crippen LogP contribution in [-0.4, -0.2) is 35.7 Å². The van der Waals surface area contributed by atoms with E-state index in [0.717, 1.165) is 11.1 Å². The molecule has 1 fully saturated rings. The van der Waals surface area contributed by atoms with Gasteiger partial charge in [-0.25, -0.2) is 4.39 Å². The van der Waals surface area contributed by atoms with Gasteiger partial charge in [-0.15, -0.1) is 0 Å². The maximum absolute atomic E-state index is 14.2. The third kappa shape index (κ3) is 4.64. The molecule has 0 heterocycles. The van der Waals surface area contributed by atoms with Gasteiger partial charge >= 0.3 is 11.8 Å². The van der Waals surface area contributed by atoms with Gasteiger partial charge in [0, 0.05) is 6.61 Å². The van der Waals surface area contributed by atoms with Crippen LogP contribution in [0, 0.1) is 5.92 Å². The first-order valence-corrected chi connectivity index (χ1v) is 9.02. The highest BCUT2D eigenvalue weighted by molar-refractivity contribution is 6.41. The lowest BCUT2D eigenvalue weighted by Crippen LogP contribution is -2.51. The number of carbonyl (C=O) groups excluding carboxylic acids is 2. The minimum absolute atomic E-state index is 0.0731. The second kappa shape index (κ2) is 8.06. The van der Waals surface area contributed by atoms with Gasteiger partial charge in [0.15, 0.2) is 0 Å². The maximum Gasteiger partial charge on any atom is 0.313 e. The van der Waals surface area contributed by atoms with Gasteiger partial charge < -0.3 is 15.7 Å². The first-order valence-electron chi connectivity index (χ1n) is 8.64. The van der Waals surface area contributed by atoms with Crippen LogP contribution >= 0.6 is 11.6 Å². The second-order valence-electron chi connectivity index (χ2n) is 6.81. The molecule has 1 saturated carbocycles. The Hall–Kier alpha value is -2.44.